The normalized spacial score (nSPS) is 14.8. The molecule has 5 N–H and O–H groups in total. The summed E-state index contributed by atoms with van der Waals surface area (Å²) in [5, 5.41) is 7.02. The molecular weight excluding hydrogens is 300 g/mol. The highest BCUT2D eigenvalue weighted by molar-refractivity contribution is 6.41. The largest absolute Gasteiger partial charge is 0.398 e. The number of hydrogen-bond donors (Lipinski definition) is 4. The zero-order chi connectivity index (χ0) is 16.8. The van der Waals surface area contributed by atoms with Crippen LogP contribution in [0, 0.1) is 5.92 Å². The van der Waals surface area contributed by atoms with Gasteiger partial charge in [0.05, 0.1) is 5.56 Å². The topological polar surface area (TPSA) is 130 Å². The van der Waals surface area contributed by atoms with Crippen molar-refractivity contribution in [2.24, 2.45) is 5.92 Å². The summed E-state index contributed by atoms with van der Waals surface area (Å²) in [5.74, 6) is -3.96. The molecule has 1 aliphatic rings. The van der Waals surface area contributed by atoms with Crippen molar-refractivity contribution in [3.8, 4) is 0 Å². The molecule has 8 heteroatoms. The lowest BCUT2D eigenvalue weighted by atomic mass is 9.97. The average Bonchev–Trinajstić information content (AvgIpc) is 2.55. The number of hydrogen-bond acceptors (Lipinski definition) is 6. The maximum absolute atomic E-state index is 11.9. The molecule has 0 aliphatic carbocycles. The van der Waals surface area contributed by atoms with E-state index in [9.17, 15) is 19.2 Å². The number of carbonyl (C=O) groups excluding carboxylic acids is 4. The van der Waals surface area contributed by atoms with E-state index < -0.39 is 23.6 Å². The summed E-state index contributed by atoms with van der Waals surface area (Å²) in [6.07, 6.45) is 1.19. The van der Waals surface area contributed by atoms with Crippen LogP contribution < -0.4 is 21.7 Å². The molecule has 0 spiro atoms. The number of piperidine rings is 1. The third-order valence-corrected chi connectivity index (χ3v) is 3.59. The van der Waals surface area contributed by atoms with E-state index in [1.54, 1.807) is 12.1 Å². The number of nitrogens with two attached hydrogens (primary N) is 1. The second-order valence-corrected chi connectivity index (χ2v) is 5.21. The van der Waals surface area contributed by atoms with Crippen LogP contribution in [0.5, 0.6) is 0 Å². The minimum absolute atomic E-state index is 0.0818. The van der Waals surface area contributed by atoms with Gasteiger partial charge in [0.1, 0.15) is 0 Å². The molecule has 0 atom stereocenters. The second-order valence-electron chi connectivity index (χ2n) is 5.21. The fourth-order valence-corrected chi connectivity index (χ4v) is 2.29. The first-order valence-corrected chi connectivity index (χ1v) is 7.24. The van der Waals surface area contributed by atoms with Crippen LogP contribution in [0.1, 0.15) is 23.2 Å². The monoisotopic (exact) mass is 318 g/mol. The quantitative estimate of drug-likeness (QED) is 0.416. The second kappa shape index (κ2) is 7.50. The molecule has 1 aromatic rings. The van der Waals surface area contributed by atoms with Gasteiger partial charge in [-0.15, -0.1) is 0 Å². The Morgan fingerprint density at radius 1 is 1.00 bits per heavy atom. The van der Waals surface area contributed by atoms with Crippen molar-refractivity contribution < 1.29 is 19.2 Å². The number of imide groups is 2. The lowest BCUT2D eigenvalue weighted by Crippen LogP contribution is -2.47. The van der Waals surface area contributed by atoms with Gasteiger partial charge in [0.2, 0.25) is 5.91 Å². The first kappa shape index (κ1) is 16.6. The first-order chi connectivity index (χ1) is 11.0. The molecule has 1 aliphatic heterocycles. The summed E-state index contributed by atoms with van der Waals surface area (Å²) >= 11 is 0. The number of anilines is 1. The Bertz CT molecular complexity index is 638. The average molecular weight is 318 g/mol. The van der Waals surface area contributed by atoms with Crippen LogP contribution in [0.4, 0.5) is 5.69 Å². The molecule has 0 unspecified atom stereocenters. The van der Waals surface area contributed by atoms with Gasteiger partial charge in [-0.2, -0.15) is 0 Å². The lowest BCUT2D eigenvalue weighted by molar-refractivity contribution is -0.142. The molecular formula is C15H18N4O4. The van der Waals surface area contributed by atoms with Gasteiger partial charge >= 0.3 is 11.8 Å². The predicted molar refractivity (Wildman–Crippen MR) is 82.1 cm³/mol. The summed E-state index contributed by atoms with van der Waals surface area (Å²) in [5.41, 5.74) is 5.88. The van der Waals surface area contributed by atoms with Crippen molar-refractivity contribution in [3.05, 3.63) is 29.8 Å². The molecule has 2 rings (SSSR count). The fourth-order valence-electron chi connectivity index (χ4n) is 2.29. The number of para-hydroxylation sites is 1. The summed E-state index contributed by atoms with van der Waals surface area (Å²) in [6, 6.07) is 6.14. The van der Waals surface area contributed by atoms with E-state index in [1.807, 2.05) is 10.6 Å². The molecule has 0 bridgehead atoms. The van der Waals surface area contributed by atoms with Crippen LogP contribution in [0.25, 0.3) is 0 Å². The van der Waals surface area contributed by atoms with Crippen LogP contribution in [0.15, 0.2) is 24.3 Å². The molecule has 0 aromatic heterocycles. The third-order valence-electron chi connectivity index (χ3n) is 3.59. The minimum Gasteiger partial charge on any atom is -0.398 e. The van der Waals surface area contributed by atoms with Crippen LogP contribution in [0.2, 0.25) is 0 Å². The number of rotatable bonds is 2. The highest BCUT2D eigenvalue weighted by Crippen LogP contribution is 2.11. The molecule has 1 heterocycles. The van der Waals surface area contributed by atoms with E-state index in [0.29, 0.717) is 25.9 Å². The molecule has 1 aromatic carbocycles. The summed E-state index contributed by atoms with van der Waals surface area (Å²) < 4.78 is 0. The molecule has 0 saturated carbocycles. The third kappa shape index (κ3) is 4.36. The summed E-state index contributed by atoms with van der Waals surface area (Å²) in [4.78, 5) is 47.2. The predicted octanol–water partition coefficient (Wildman–Crippen LogP) is -0.832. The molecule has 8 nitrogen and oxygen atoms in total. The Hall–Kier alpha value is -2.74. The van der Waals surface area contributed by atoms with Gasteiger partial charge in [0.15, 0.2) is 0 Å². The van der Waals surface area contributed by atoms with Crippen LogP contribution in [-0.4, -0.2) is 36.7 Å². The van der Waals surface area contributed by atoms with E-state index in [2.05, 4.69) is 5.32 Å². The number of benzene rings is 1. The number of carbonyl (C=O) groups is 4. The van der Waals surface area contributed by atoms with E-state index in [4.69, 9.17) is 5.73 Å². The summed E-state index contributed by atoms with van der Waals surface area (Å²) in [6.45, 7) is 1.37. The lowest BCUT2D eigenvalue weighted by Gasteiger charge is -2.21. The molecule has 0 radical (unpaired) electrons. The van der Waals surface area contributed by atoms with Gasteiger partial charge in [0, 0.05) is 11.6 Å². The number of nitrogen functional groups attached to an aromatic ring is 1. The van der Waals surface area contributed by atoms with Crippen molar-refractivity contribution >= 4 is 29.3 Å². The van der Waals surface area contributed by atoms with Crippen molar-refractivity contribution in [2.45, 2.75) is 12.8 Å². The van der Waals surface area contributed by atoms with E-state index >= 15 is 0 Å². The van der Waals surface area contributed by atoms with Crippen LogP contribution in [0.3, 0.4) is 0 Å². The maximum atomic E-state index is 11.9. The Morgan fingerprint density at radius 2 is 1.61 bits per heavy atom. The first-order valence-electron chi connectivity index (χ1n) is 7.24. The zero-order valence-electron chi connectivity index (χ0n) is 12.4. The Morgan fingerprint density at radius 3 is 2.26 bits per heavy atom. The number of nitrogens with one attached hydrogen (secondary N) is 3. The highest BCUT2D eigenvalue weighted by atomic mass is 16.2. The molecule has 1 saturated heterocycles. The zero-order valence-corrected chi connectivity index (χ0v) is 12.4. The standard InChI is InChI=1S/C15H18N4O4/c16-11-4-2-1-3-10(11)13(21)19-15(23)14(22)18-12(20)9-5-7-17-8-6-9/h1-4,9,17H,5-8,16H2,(H,18,20,22)(H,19,21,23). The van der Waals surface area contributed by atoms with Gasteiger partial charge in [-0.1, -0.05) is 12.1 Å². The SMILES string of the molecule is Nc1ccccc1C(=O)NC(=O)C(=O)NC(=O)C1CCNCC1. The van der Waals surface area contributed by atoms with Crippen molar-refractivity contribution in [1.29, 1.82) is 0 Å². The molecule has 23 heavy (non-hydrogen) atoms. The highest BCUT2D eigenvalue weighted by Gasteiger charge is 2.26. The minimum atomic E-state index is -1.19. The molecule has 4 amide bonds. The number of amides is 4. The van der Waals surface area contributed by atoms with Crippen molar-refractivity contribution in [3.63, 3.8) is 0 Å². The van der Waals surface area contributed by atoms with Gasteiger partial charge in [0.25, 0.3) is 5.91 Å². The van der Waals surface area contributed by atoms with Gasteiger partial charge < -0.3 is 11.1 Å². The van der Waals surface area contributed by atoms with Gasteiger partial charge in [-0.3, -0.25) is 29.8 Å². The summed E-state index contributed by atoms with van der Waals surface area (Å²) in [7, 11) is 0. The maximum Gasteiger partial charge on any atom is 0.316 e. The molecule has 122 valence electrons. The van der Waals surface area contributed by atoms with E-state index in [0.717, 1.165) is 0 Å². The van der Waals surface area contributed by atoms with Gasteiger partial charge in [-0.05, 0) is 38.1 Å². The Labute approximate surface area is 132 Å². The van der Waals surface area contributed by atoms with E-state index in [1.165, 1.54) is 12.1 Å². The fraction of sp³-hybridized carbons (Fsp3) is 0.333. The smallest absolute Gasteiger partial charge is 0.316 e. The molecule has 1 fully saturated rings. The van der Waals surface area contributed by atoms with Crippen LogP contribution in [-0.2, 0) is 14.4 Å². The van der Waals surface area contributed by atoms with Gasteiger partial charge in [-0.25, -0.2) is 0 Å². The van der Waals surface area contributed by atoms with Crippen molar-refractivity contribution in [2.75, 3.05) is 18.8 Å². The Balaban J connectivity index is 1.90. The van der Waals surface area contributed by atoms with Crippen LogP contribution >= 0.6 is 0 Å². The Kier molecular flexibility index (Phi) is 5.42. The van der Waals surface area contributed by atoms with Crippen molar-refractivity contribution in [1.82, 2.24) is 16.0 Å². The van der Waals surface area contributed by atoms with E-state index in [-0.39, 0.29) is 17.2 Å².